The Morgan fingerprint density at radius 3 is 1.47 bits per heavy atom. The molecule has 0 N–H and O–H groups in total. The van der Waals surface area contributed by atoms with Crippen molar-refractivity contribution in [3.05, 3.63) is 0 Å². The van der Waals surface area contributed by atoms with Crippen LogP contribution in [0.4, 0.5) is 0 Å². The molecule has 2 nitrogen and oxygen atoms in total. The Labute approximate surface area is 109 Å². The first kappa shape index (κ1) is 14.6. The van der Waals surface area contributed by atoms with Crippen molar-refractivity contribution in [1.29, 1.82) is 0 Å². The number of hydrogen-bond donors (Lipinski definition) is 0. The minimum atomic E-state index is -1.06. The van der Waals surface area contributed by atoms with Gasteiger partial charge in [0.1, 0.15) is 0 Å². The van der Waals surface area contributed by atoms with Crippen molar-refractivity contribution in [2.24, 2.45) is 0 Å². The van der Waals surface area contributed by atoms with Crippen LogP contribution in [0.3, 0.4) is 0 Å². The Morgan fingerprint density at radius 2 is 1.27 bits per heavy atom. The summed E-state index contributed by atoms with van der Waals surface area (Å²) in [5, 5.41) is 0.816. The average molecular weight is 362 g/mol. The van der Waals surface area contributed by atoms with Crippen LogP contribution in [0, 0.1) is 0 Å². The van der Waals surface area contributed by atoms with E-state index in [1.807, 2.05) is 0 Å². The van der Waals surface area contributed by atoms with E-state index in [0.717, 1.165) is 0 Å². The van der Waals surface area contributed by atoms with E-state index in [1.54, 1.807) is 0 Å². The minimum absolute atomic E-state index is 0.0949. The van der Waals surface area contributed by atoms with Gasteiger partial charge in [0.15, 0.2) is 0 Å². The summed E-state index contributed by atoms with van der Waals surface area (Å²) in [5.41, 5.74) is 0. The first-order valence-corrected chi connectivity index (χ1v) is 11.3. The molecule has 1 fully saturated rings. The van der Waals surface area contributed by atoms with Crippen molar-refractivity contribution in [2.45, 2.75) is 51.9 Å². The number of nitrogens with zero attached hydrogens (tertiary/aromatic N) is 2. The Hall–Kier alpha value is 1.57. The van der Waals surface area contributed by atoms with Gasteiger partial charge in [-0.25, -0.2) is 0 Å². The zero-order valence-electron chi connectivity index (χ0n) is 11.2. The number of hydrogen-bond acceptors (Lipinski definition) is 2. The third-order valence-corrected chi connectivity index (χ3v) is 22.1. The second-order valence-electron chi connectivity index (χ2n) is 6.15. The first-order valence-electron chi connectivity index (χ1n) is 5.32. The zero-order valence-corrected chi connectivity index (χ0v) is 15.3. The van der Waals surface area contributed by atoms with Gasteiger partial charge in [-0.05, 0) is 0 Å². The number of rotatable bonds is 0. The fourth-order valence-electron chi connectivity index (χ4n) is 2.31. The Balaban J connectivity index is 3.02. The van der Waals surface area contributed by atoms with Crippen LogP contribution in [0.1, 0.15) is 41.5 Å². The van der Waals surface area contributed by atoms with Gasteiger partial charge < -0.3 is 0 Å². The summed E-state index contributed by atoms with van der Waals surface area (Å²) in [4.78, 5) is -1.06. The standard InChI is InChI=1S/C10H24N2P2Te/c1-9(2,3)13-11(7)14(15,12(13)8)10(4,5)6/h1-8H3. The van der Waals surface area contributed by atoms with Gasteiger partial charge in [0.2, 0.25) is 0 Å². The summed E-state index contributed by atoms with van der Waals surface area (Å²) in [6.45, 7) is 14.2. The molecule has 0 unspecified atom stereocenters. The Kier molecular flexibility index (Phi) is 3.95. The molecule has 1 heterocycles. The third-order valence-electron chi connectivity index (χ3n) is 2.81. The third kappa shape index (κ3) is 2.14. The van der Waals surface area contributed by atoms with E-state index in [2.05, 4.69) is 85.8 Å². The Bertz CT molecular complexity index is 290. The summed E-state index contributed by atoms with van der Waals surface area (Å²) < 4.78 is 5.40. The summed E-state index contributed by atoms with van der Waals surface area (Å²) in [6, 6.07) is 0. The molecule has 0 radical (unpaired) electrons. The topological polar surface area (TPSA) is 6.48 Å². The normalized spacial score (nSPS) is 35.3. The molecule has 90 valence electrons. The van der Waals surface area contributed by atoms with Gasteiger partial charge in [-0.3, -0.25) is 0 Å². The van der Waals surface area contributed by atoms with E-state index in [0.29, 0.717) is 10.3 Å². The van der Waals surface area contributed by atoms with Gasteiger partial charge in [0, 0.05) is 0 Å². The zero-order chi connectivity index (χ0) is 12.2. The second-order valence-corrected chi connectivity index (χ2v) is 17.9. The van der Waals surface area contributed by atoms with Crippen LogP contribution in [0.2, 0.25) is 0 Å². The molecule has 1 saturated heterocycles. The molecule has 0 spiro atoms. The predicted octanol–water partition coefficient (Wildman–Crippen LogP) is 3.70. The summed E-state index contributed by atoms with van der Waals surface area (Å²) in [6.07, 6.45) is 0. The van der Waals surface area contributed by atoms with Gasteiger partial charge in [0.05, 0.1) is 0 Å². The molecule has 0 aromatic heterocycles. The molecule has 1 aliphatic rings. The monoisotopic (exact) mass is 364 g/mol. The maximum atomic E-state index is 2.70. The molecule has 0 bridgehead atoms. The fourth-order valence-corrected chi connectivity index (χ4v) is 16.1. The summed E-state index contributed by atoms with van der Waals surface area (Å²) in [5.74, 6) is 0. The van der Waals surface area contributed by atoms with Crippen molar-refractivity contribution in [2.75, 3.05) is 14.1 Å². The van der Waals surface area contributed by atoms with Crippen LogP contribution in [-0.4, -0.2) is 54.5 Å². The van der Waals surface area contributed by atoms with Crippen LogP contribution >= 0.6 is 13.0 Å². The molecular formula is C10H24N2P2Te. The molecule has 0 atom stereocenters. The van der Waals surface area contributed by atoms with Crippen LogP contribution < -0.4 is 0 Å². The average Bonchev–Trinajstić information content (AvgIpc) is 1.98. The SMILES string of the molecule is CN1P(C(C)(C)C)N(C)P1(=[Te])C(C)(C)C. The first-order chi connectivity index (χ1) is 6.44. The van der Waals surface area contributed by atoms with Crippen LogP contribution in [0.5, 0.6) is 0 Å². The van der Waals surface area contributed by atoms with E-state index in [-0.39, 0.29) is 8.22 Å². The summed E-state index contributed by atoms with van der Waals surface area (Å²) >= 11 is 2.39. The van der Waals surface area contributed by atoms with Crippen LogP contribution in [0.15, 0.2) is 0 Å². The van der Waals surface area contributed by atoms with Crippen molar-refractivity contribution >= 4 is 34.2 Å². The van der Waals surface area contributed by atoms with Crippen molar-refractivity contribution < 1.29 is 0 Å². The van der Waals surface area contributed by atoms with Crippen LogP contribution in [0.25, 0.3) is 0 Å². The van der Waals surface area contributed by atoms with Gasteiger partial charge in [0.25, 0.3) is 0 Å². The molecule has 0 aliphatic carbocycles. The Morgan fingerprint density at radius 1 is 0.933 bits per heavy atom. The van der Waals surface area contributed by atoms with E-state index >= 15 is 0 Å². The van der Waals surface area contributed by atoms with Crippen LogP contribution in [-0.2, 0) is 0 Å². The van der Waals surface area contributed by atoms with Gasteiger partial charge >= 0.3 is 109 Å². The van der Waals surface area contributed by atoms with E-state index in [9.17, 15) is 0 Å². The van der Waals surface area contributed by atoms with Crippen molar-refractivity contribution in [1.82, 2.24) is 8.88 Å². The molecule has 0 saturated carbocycles. The van der Waals surface area contributed by atoms with E-state index < -0.39 is 4.79 Å². The maximum absolute atomic E-state index is 2.70. The molecule has 1 aliphatic heterocycles. The van der Waals surface area contributed by atoms with Gasteiger partial charge in [-0.1, -0.05) is 0 Å². The molecule has 1 rings (SSSR count). The van der Waals surface area contributed by atoms with E-state index in [4.69, 9.17) is 0 Å². The molecule has 15 heavy (non-hydrogen) atoms. The van der Waals surface area contributed by atoms with E-state index in [1.165, 1.54) is 0 Å². The molecule has 0 amide bonds. The molecule has 5 heteroatoms. The summed E-state index contributed by atoms with van der Waals surface area (Å²) in [7, 11) is 4.57. The quantitative estimate of drug-likeness (QED) is 0.479. The molecular weight excluding hydrogens is 338 g/mol. The fraction of sp³-hybridized carbons (Fsp3) is 1.00. The predicted molar refractivity (Wildman–Crippen MR) is 74.6 cm³/mol. The van der Waals surface area contributed by atoms with Gasteiger partial charge in [-0.15, -0.1) is 0 Å². The second kappa shape index (κ2) is 4.05. The van der Waals surface area contributed by atoms with Gasteiger partial charge in [-0.2, -0.15) is 0 Å². The van der Waals surface area contributed by atoms with Crippen molar-refractivity contribution in [3.63, 3.8) is 0 Å². The molecule has 0 aromatic rings. The van der Waals surface area contributed by atoms with Crippen molar-refractivity contribution in [3.8, 4) is 0 Å². The molecule has 0 aromatic carbocycles.